The topological polar surface area (TPSA) is 95.6 Å². The van der Waals surface area contributed by atoms with Crippen molar-refractivity contribution < 1.29 is 18.0 Å². The van der Waals surface area contributed by atoms with Crippen LogP contribution in [0, 0.1) is 0 Å². The smallest absolute Gasteiger partial charge is 0.251 e. The summed E-state index contributed by atoms with van der Waals surface area (Å²) in [5, 5.41) is 4.35. The van der Waals surface area contributed by atoms with E-state index in [9.17, 15) is 18.0 Å². The molecular weight excluding hydrogens is 466 g/mol. The predicted molar refractivity (Wildman–Crippen MR) is 111 cm³/mol. The summed E-state index contributed by atoms with van der Waals surface area (Å²) >= 11 is 4.48. The normalized spacial score (nSPS) is 15.4. The highest BCUT2D eigenvalue weighted by atomic mass is 79.9. The molecule has 0 atom stereocenters. The van der Waals surface area contributed by atoms with E-state index in [1.807, 2.05) is 6.07 Å². The molecule has 0 spiro atoms. The largest absolute Gasteiger partial charge is 0.343 e. The summed E-state index contributed by atoms with van der Waals surface area (Å²) in [5.74, 6) is -0.490. The van der Waals surface area contributed by atoms with Gasteiger partial charge in [0.2, 0.25) is 15.9 Å². The summed E-state index contributed by atoms with van der Waals surface area (Å²) in [6.07, 6.45) is 1.08. The first kappa shape index (κ1) is 21.0. The van der Waals surface area contributed by atoms with Crippen molar-refractivity contribution in [2.24, 2.45) is 0 Å². The molecule has 0 radical (unpaired) electrons. The number of likely N-dealkylation sites (tertiary alicyclic amines) is 1. The third-order valence-corrected chi connectivity index (χ3v) is 7.83. The Morgan fingerprint density at radius 3 is 2.57 bits per heavy atom. The highest BCUT2D eigenvalue weighted by Gasteiger charge is 2.27. The lowest BCUT2D eigenvalue weighted by atomic mass is 10.1. The molecule has 150 valence electrons. The standard InChI is InChI=1S/C18H20BrN3O4S2/c19-14-4-1-3-13(11-14)18(24)20-12-16(23)22-8-6-15(7-9-22)21-28(25,26)17-5-2-10-27-17/h1-5,10-11,15,21H,6-9,12H2,(H,20,24). The van der Waals surface area contributed by atoms with Gasteiger partial charge in [-0.15, -0.1) is 11.3 Å². The molecule has 1 aromatic carbocycles. The molecule has 2 amide bonds. The van der Waals surface area contributed by atoms with Crippen molar-refractivity contribution in [1.29, 1.82) is 0 Å². The van der Waals surface area contributed by atoms with E-state index in [-0.39, 0.29) is 24.4 Å². The molecule has 0 bridgehead atoms. The molecule has 1 saturated heterocycles. The van der Waals surface area contributed by atoms with Crippen LogP contribution in [0.2, 0.25) is 0 Å². The lowest BCUT2D eigenvalue weighted by molar-refractivity contribution is -0.131. The van der Waals surface area contributed by atoms with Crippen molar-refractivity contribution in [1.82, 2.24) is 14.9 Å². The van der Waals surface area contributed by atoms with Crippen molar-refractivity contribution in [2.75, 3.05) is 19.6 Å². The molecular formula is C18H20BrN3O4S2. The quantitative estimate of drug-likeness (QED) is 0.655. The van der Waals surface area contributed by atoms with Crippen LogP contribution in [-0.4, -0.2) is 50.8 Å². The number of hydrogen-bond donors (Lipinski definition) is 2. The molecule has 0 saturated carbocycles. The van der Waals surface area contributed by atoms with Gasteiger partial charge < -0.3 is 10.2 Å². The monoisotopic (exact) mass is 485 g/mol. The minimum absolute atomic E-state index is 0.0864. The summed E-state index contributed by atoms with van der Waals surface area (Å²) < 4.78 is 28.3. The minimum atomic E-state index is -3.51. The Morgan fingerprint density at radius 1 is 1.18 bits per heavy atom. The van der Waals surface area contributed by atoms with Gasteiger partial charge in [0, 0.05) is 29.2 Å². The number of halogens is 1. The second-order valence-corrected chi connectivity index (χ2v) is 10.2. The predicted octanol–water partition coefficient (Wildman–Crippen LogP) is 2.21. The zero-order chi connectivity index (χ0) is 20.1. The Hall–Kier alpha value is -1.75. The molecule has 28 heavy (non-hydrogen) atoms. The fraction of sp³-hybridized carbons (Fsp3) is 0.333. The van der Waals surface area contributed by atoms with Crippen LogP contribution in [0.1, 0.15) is 23.2 Å². The van der Waals surface area contributed by atoms with Gasteiger partial charge in [-0.1, -0.05) is 28.1 Å². The Bertz CT molecular complexity index is 940. The van der Waals surface area contributed by atoms with Crippen LogP contribution in [0.25, 0.3) is 0 Å². The maximum Gasteiger partial charge on any atom is 0.251 e. The average molecular weight is 486 g/mol. The third kappa shape index (κ3) is 5.40. The molecule has 0 aliphatic carbocycles. The van der Waals surface area contributed by atoms with E-state index in [1.165, 1.54) is 11.3 Å². The summed E-state index contributed by atoms with van der Waals surface area (Å²) in [7, 11) is -3.51. The van der Waals surface area contributed by atoms with Crippen LogP contribution in [-0.2, 0) is 14.8 Å². The molecule has 2 aromatic rings. The van der Waals surface area contributed by atoms with Gasteiger partial charge >= 0.3 is 0 Å². The van der Waals surface area contributed by atoms with Gasteiger partial charge in [0.25, 0.3) is 5.91 Å². The number of thiophene rings is 1. The van der Waals surface area contributed by atoms with Gasteiger partial charge in [-0.25, -0.2) is 13.1 Å². The number of benzene rings is 1. The van der Waals surface area contributed by atoms with E-state index >= 15 is 0 Å². The number of nitrogens with one attached hydrogen (secondary N) is 2. The number of amides is 2. The molecule has 2 heterocycles. The first-order valence-electron chi connectivity index (χ1n) is 8.72. The van der Waals surface area contributed by atoms with E-state index in [2.05, 4.69) is 26.0 Å². The third-order valence-electron chi connectivity index (χ3n) is 4.42. The molecule has 7 nitrogen and oxygen atoms in total. The number of carbonyl (C=O) groups is 2. The van der Waals surface area contributed by atoms with Crippen LogP contribution in [0.15, 0.2) is 50.5 Å². The minimum Gasteiger partial charge on any atom is -0.343 e. The zero-order valence-corrected chi connectivity index (χ0v) is 18.1. The molecule has 10 heteroatoms. The second kappa shape index (κ2) is 9.17. The highest BCUT2D eigenvalue weighted by Crippen LogP contribution is 2.19. The summed E-state index contributed by atoms with van der Waals surface area (Å²) in [6.45, 7) is 0.809. The van der Waals surface area contributed by atoms with Crippen molar-refractivity contribution >= 4 is 49.1 Å². The van der Waals surface area contributed by atoms with Crippen molar-refractivity contribution in [3.63, 3.8) is 0 Å². The molecule has 1 aliphatic rings. The van der Waals surface area contributed by atoms with E-state index in [1.54, 1.807) is 40.6 Å². The van der Waals surface area contributed by atoms with Gasteiger partial charge in [0.05, 0.1) is 6.54 Å². The van der Waals surface area contributed by atoms with Crippen molar-refractivity contribution in [3.8, 4) is 0 Å². The number of carbonyl (C=O) groups excluding carboxylic acids is 2. The SMILES string of the molecule is O=C(NCC(=O)N1CCC(NS(=O)(=O)c2cccs2)CC1)c1cccc(Br)c1. The van der Waals surface area contributed by atoms with Crippen molar-refractivity contribution in [2.45, 2.75) is 23.1 Å². The van der Waals surface area contributed by atoms with Gasteiger partial charge in [-0.05, 0) is 42.5 Å². The molecule has 3 rings (SSSR count). The second-order valence-electron chi connectivity index (χ2n) is 6.40. The molecule has 1 aromatic heterocycles. The number of nitrogens with zero attached hydrogens (tertiary/aromatic N) is 1. The summed E-state index contributed by atoms with van der Waals surface area (Å²) in [5.41, 5.74) is 0.476. The fourth-order valence-electron chi connectivity index (χ4n) is 2.94. The Labute approximate surface area is 176 Å². The molecule has 0 unspecified atom stereocenters. The van der Waals surface area contributed by atoms with Crippen molar-refractivity contribution in [3.05, 3.63) is 51.8 Å². The van der Waals surface area contributed by atoms with E-state index in [0.717, 1.165) is 4.47 Å². The Morgan fingerprint density at radius 2 is 1.93 bits per heavy atom. The van der Waals surface area contributed by atoms with E-state index in [0.29, 0.717) is 35.7 Å². The number of piperidine rings is 1. The van der Waals surface area contributed by atoms with Gasteiger partial charge in [0.1, 0.15) is 4.21 Å². The summed E-state index contributed by atoms with van der Waals surface area (Å²) in [6, 6.07) is 10.00. The number of rotatable bonds is 6. The lowest BCUT2D eigenvalue weighted by Gasteiger charge is -2.32. The van der Waals surface area contributed by atoms with E-state index < -0.39 is 10.0 Å². The first-order chi connectivity index (χ1) is 13.3. The highest BCUT2D eigenvalue weighted by molar-refractivity contribution is 9.10. The Balaban J connectivity index is 1.45. The maximum atomic E-state index is 12.3. The first-order valence-corrected chi connectivity index (χ1v) is 11.9. The van der Waals surface area contributed by atoms with Crippen LogP contribution in [0.4, 0.5) is 0 Å². The van der Waals surface area contributed by atoms with Gasteiger partial charge in [-0.3, -0.25) is 9.59 Å². The van der Waals surface area contributed by atoms with Crippen LogP contribution >= 0.6 is 27.3 Å². The van der Waals surface area contributed by atoms with Crippen LogP contribution in [0.5, 0.6) is 0 Å². The number of hydrogen-bond acceptors (Lipinski definition) is 5. The van der Waals surface area contributed by atoms with E-state index in [4.69, 9.17) is 0 Å². The van der Waals surface area contributed by atoms with Gasteiger partial charge in [-0.2, -0.15) is 0 Å². The zero-order valence-electron chi connectivity index (χ0n) is 14.9. The van der Waals surface area contributed by atoms with Crippen LogP contribution in [0.3, 0.4) is 0 Å². The average Bonchev–Trinajstić information content (AvgIpc) is 3.22. The maximum absolute atomic E-state index is 12.3. The van der Waals surface area contributed by atoms with Gasteiger partial charge in [0.15, 0.2) is 0 Å². The fourth-order valence-corrected chi connectivity index (χ4v) is 5.65. The molecule has 1 fully saturated rings. The molecule has 1 aliphatic heterocycles. The molecule has 2 N–H and O–H groups in total. The Kier molecular flexibility index (Phi) is 6.86. The lowest BCUT2D eigenvalue weighted by Crippen LogP contribution is -2.48. The number of sulfonamides is 1. The summed E-state index contributed by atoms with van der Waals surface area (Å²) in [4.78, 5) is 26.1. The van der Waals surface area contributed by atoms with Crippen LogP contribution < -0.4 is 10.0 Å².